The molecular formula is C18H19N3O5S. The molecule has 0 amide bonds. The van der Waals surface area contributed by atoms with E-state index < -0.39 is 14.9 Å². The molecule has 142 valence electrons. The molecule has 0 radical (unpaired) electrons. The number of ether oxygens (including phenoxy) is 1. The molecule has 0 bridgehead atoms. The van der Waals surface area contributed by atoms with Crippen LogP contribution in [0.25, 0.3) is 0 Å². The van der Waals surface area contributed by atoms with E-state index in [1.807, 2.05) is 42.3 Å². The molecule has 0 aliphatic heterocycles. The number of hydrogen-bond acceptors (Lipinski definition) is 7. The highest BCUT2D eigenvalue weighted by atomic mass is 32.2. The van der Waals surface area contributed by atoms with Gasteiger partial charge in [-0.2, -0.15) is 0 Å². The lowest BCUT2D eigenvalue weighted by Gasteiger charge is -2.15. The number of likely N-dealkylation sites (N-methyl/N-ethyl adjacent to an activating group) is 1. The zero-order chi connectivity index (χ0) is 19.3. The van der Waals surface area contributed by atoms with Crippen molar-refractivity contribution < 1.29 is 22.7 Å². The molecule has 0 fully saturated rings. The van der Waals surface area contributed by atoms with Crippen molar-refractivity contribution in [3.05, 3.63) is 71.4 Å². The second-order valence-electron chi connectivity index (χ2n) is 5.93. The minimum atomic E-state index is -4.10. The van der Waals surface area contributed by atoms with Gasteiger partial charge in [0.05, 0.1) is 10.1 Å². The molecule has 8 nitrogen and oxygen atoms in total. The highest BCUT2D eigenvalue weighted by Gasteiger charge is 2.35. The Morgan fingerprint density at radius 3 is 2.41 bits per heavy atom. The fourth-order valence-corrected chi connectivity index (χ4v) is 3.81. The van der Waals surface area contributed by atoms with Gasteiger partial charge in [-0.3, -0.25) is 9.53 Å². The first kappa shape index (κ1) is 18.9. The molecular weight excluding hydrogens is 370 g/mol. The Balaban J connectivity index is 1.67. The SMILES string of the molecule is CN(CCOc1no[n+]([O-])c1S(=O)(=O)c1ccccc1)Cc1ccccc1. The molecule has 0 unspecified atom stereocenters. The Labute approximate surface area is 157 Å². The molecule has 0 N–H and O–H groups in total. The summed E-state index contributed by atoms with van der Waals surface area (Å²) >= 11 is 0. The van der Waals surface area contributed by atoms with Crippen LogP contribution in [0.4, 0.5) is 0 Å². The molecule has 0 aliphatic carbocycles. The summed E-state index contributed by atoms with van der Waals surface area (Å²) in [6.07, 6.45) is 0. The van der Waals surface area contributed by atoms with Crippen LogP contribution < -0.4 is 9.64 Å². The van der Waals surface area contributed by atoms with E-state index in [-0.39, 0.29) is 22.3 Å². The standard InChI is InChI=1S/C18H19N3O5S/c1-20(14-15-8-4-2-5-9-15)12-13-25-17-18(21(22)26-19-17)27(23,24)16-10-6-3-7-11-16/h2-11H,12-14H2,1H3. The second-order valence-corrected chi connectivity index (χ2v) is 7.79. The lowest BCUT2D eigenvalue weighted by atomic mass is 10.2. The van der Waals surface area contributed by atoms with Crippen molar-refractivity contribution in [1.82, 2.24) is 10.1 Å². The number of nitrogens with zero attached hydrogens (tertiary/aromatic N) is 3. The molecule has 2 aromatic carbocycles. The van der Waals surface area contributed by atoms with Gasteiger partial charge in [0.2, 0.25) is 0 Å². The monoisotopic (exact) mass is 389 g/mol. The van der Waals surface area contributed by atoms with E-state index in [4.69, 9.17) is 4.74 Å². The first-order valence-corrected chi connectivity index (χ1v) is 9.72. The molecule has 9 heteroatoms. The smallest absolute Gasteiger partial charge is 0.415 e. The van der Waals surface area contributed by atoms with Crippen LogP contribution in [0, 0.1) is 5.21 Å². The van der Waals surface area contributed by atoms with Gasteiger partial charge in [0.15, 0.2) is 0 Å². The van der Waals surface area contributed by atoms with Crippen LogP contribution >= 0.6 is 0 Å². The van der Waals surface area contributed by atoms with E-state index in [1.54, 1.807) is 18.2 Å². The Morgan fingerprint density at radius 2 is 1.74 bits per heavy atom. The largest absolute Gasteiger partial charge is 0.453 e. The van der Waals surface area contributed by atoms with Crippen LogP contribution in [-0.2, 0) is 16.4 Å². The van der Waals surface area contributed by atoms with Crippen molar-refractivity contribution in [3.63, 3.8) is 0 Å². The summed E-state index contributed by atoms with van der Waals surface area (Å²) in [6, 6.07) is 17.5. The third kappa shape index (κ3) is 4.44. The van der Waals surface area contributed by atoms with Gasteiger partial charge >= 0.3 is 10.9 Å². The summed E-state index contributed by atoms with van der Waals surface area (Å²) in [4.78, 5) is 1.82. The van der Waals surface area contributed by atoms with Crippen molar-refractivity contribution in [1.29, 1.82) is 0 Å². The van der Waals surface area contributed by atoms with Crippen LogP contribution in [0.3, 0.4) is 0 Å². The number of sulfone groups is 1. The van der Waals surface area contributed by atoms with Crippen LogP contribution in [-0.4, -0.2) is 38.7 Å². The lowest BCUT2D eigenvalue weighted by molar-refractivity contribution is -0.832. The fourth-order valence-electron chi connectivity index (χ4n) is 2.51. The third-order valence-corrected chi connectivity index (χ3v) is 5.59. The predicted octanol–water partition coefficient (Wildman–Crippen LogP) is 1.65. The molecule has 0 saturated carbocycles. The van der Waals surface area contributed by atoms with Gasteiger partial charge in [-0.1, -0.05) is 48.5 Å². The van der Waals surface area contributed by atoms with Crippen molar-refractivity contribution in [2.75, 3.05) is 20.2 Å². The van der Waals surface area contributed by atoms with Gasteiger partial charge in [-0.25, -0.2) is 8.42 Å². The molecule has 3 rings (SSSR count). The molecule has 0 spiro atoms. The number of benzene rings is 2. The highest BCUT2D eigenvalue weighted by molar-refractivity contribution is 7.91. The molecule has 0 aliphatic rings. The fraction of sp³-hybridized carbons (Fsp3) is 0.222. The quantitative estimate of drug-likeness (QED) is 0.540. The topological polar surface area (TPSA) is 99.6 Å². The number of rotatable bonds is 8. The molecule has 27 heavy (non-hydrogen) atoms. The van der Waals surface area contributed by atoms with E-state index in [0.29, 0.717) is 13.1 Å². The summed E-state index contributed by atoms with van der Waals surface area (Å²) in [7, 11) is -2.19. The van der Waals surface area contributed by atoms with Gasteiger partial charge in [-0.15, -0.1) is 0 Å². The number of hydrogen-bond donors (Lipinski definition) is 0. The second kappa shape index (κ2) is 8.19. The maximum Gasteiger partial charge on any atom is 0.415 e. The third-order valence-electron chi connectivity index (χ3n) is 3.86. The zero-order valence-electron chi connectivity index (χ0n) is 14.7. The average molecular weight is 389 g/mol. The first-order chi connectivity index (χ1) is 13.0. The summed E-state index contributed by atoms with van der Waals surface area (Å²) < 4.78 is 35.2. The Kier molecular flexibility index (Phi) is 5.72. The normalized spacial score (nSPS) is 11.6. The molecule has 1 heterocycles. The Hall–Kier alpha value is -2.91. The van der Waals surface area contributed by atoms with Crippen molar-refractivity contribution >= 4 is 9.84 Å². The van der Waals surface area contributed by atoms with E-state index in [9.17, 15) is 13.6 Å². The predicted molar refractivity (Wildman–Crippen MR) is 95.6 cm³/mol. The molecule has 0 atom stereocenters. The van der Waals surface area contributed by atoms with E-state index in [1.165, 1.54) is 12.1 Å². The number of aromatic nitrogens is 2. The summed E-state index contributed by atoms with van der Waals surface area (Å²) in [5, 5.41) is 14.6. The van der Waals surface area contributed by atoms with Gasteiger partial charge in [0, 0.05) is 13.1 Å². The van der Waals surface area contributed by atoms with Gasteiger partial charge in [0.1, 0.15) is 6.61 Å². The van der Waals surface area contributed by atoms with Gasteiger partial charge < -0.3 is 9.94 Å². The summed E-state index contributed by atoms with van der Waals surface area (Å²) in [5.41, 5.74) is 1.14. The average Bonchev–Trinajstić information content (AvgIpc) is 3.04. The maximum atomic E-state index is 12.7. The van der Waals surface area contributed by atoms with Crippen molar-refractivity contribution in [2.24, 2.45) is 0 Å². The Morgan fingerprint density at radius 1 is 1.11 bits per heavy atom. The van der Waals surface area contributed by atoms with Crippen LogP contribution in [0.5, 0.6) is 5.88 Å². The van der Waals surface area contributed by atoms with Crippen molar-refractivity contribution in [2.45, 2.75) is 16.5 Å². The lowest BCUT2D eigenvalue weighted by Crippen LogP contribution is -2.31. The highest BCUT2D eigenvalue weighted by Crippen LogP contribution is 2.24. The molecule has 3 aromatic rings. The minimum Gasteiger partial charge on any atom is -0.453 e. The van der Waals surface area contributed by atoms with Gasteiger partial charge in [0.25, 0.3) is 9.84 Å². The van der Waals surface area contributed by atoms with Gasteiger partial charge in [-0.05, 0) is 29.6 Å². The van der Waals surface area contributed by atoms with E-state index in [0.717, 1.165) is 5.56 Å². The van der Waals surface area contributed by atoms with Crippen LogP contribution in [0.1, 0.15) is 5.56 Å². The minimum absolute atomic E-state index is 0.0381. The Bertz CT molecular complexity index is 975. The summed E-state index contributed by atoms with van der Waals surface area (Å²) in [5.74, 6) is -0.345. The first-order valence-electron chi connectivity index (χ1n) is 8.23. The van der Waals surface area contributed by atoms with Crippen molar-refractivity contribution in [3.8, 4) is 5.88 Å². The molecule has 0 saturated heterocycles. The van der Waals surface area contributed by atoms with Crippen LogP contribution in [0.15, 0.2) is 75.2 Å². The van der Waals surface area contributed by atoms with E-state index >= 15 is 0 Å². The maximum absolute atomic E-state index is 12.7. The summed E-state index contributed by atoms with van der Waals surface area (Å²) in [6.45, 7) is 1.36. The zero-order valence-corrected chi connectivity index (χ0v) is 15.5. The molecule has 1 aromatic heterocycles. The van der Waals surface area contributed by atoms with Crippen LogP contribution in [0.2, 0.25) is 0 Å². The van der Waals surface area contributed by atoms with E-state index in [2.05, 4.69) is 9.79 Å².